The number of nitrogens with zero attached hydrogens (tertiary/aromatic N) is 1. The van der Waals surface area contributed by atoms with Crippen molar-refractivity contribution in [3.05, 3.63) is 58.6 Å². The van der Waals surface area contributed by atoms with Crippen LogP contribution in [0.25, 0.3) is 10.2 Å². The van der Waals surface area contributed by atoms with E-state index in [0.717, 1.165) is 39.5 Å². The van der Waals surface area contributed by atoms with Gasteiger partial charge in [0, 0.05) is 30.3 Å². The first-order chi connectivity index (χ1) is 14.1. The Morgan fingerprint density at radius 3 is 2.86 bits per heavy atom. The third kappa shape index (κ3) is 4.95. The number of nitrogens with one attached hydrogen (secondary N) is 2. The highest BCUT2D eigenvalue weighted by Crippen LogP contribution is 2.31. The summed E-state index contributed by atoms with van der Waals surface area (Å²) in [6.07, 6.45) is 2.31. The monoisotopic (exact) mass is 411 g/mol. The highest BCUT2D eigenvalue weighted by Gasteiger charge is 2.26. The summed E-state index contributed by atoms with van der Waals surface area (Å²) < 4.78 is 1.12. The summed E-state index contributed by atoms with van der Waals surface area (Å²) in [4.78, 5) is 15.8. The maximum absolute atomic E-state index is 5.69. The second-order valence-electron chi connectivity index (χ2n) is 7.86. The van der Waals surface area contributed by atoms with Gasteiger partial charge in [-0.15, -0.1) is 11.3 Å². The summed E-state index contributed by atoms with van der Waals surface area (Å²) in [6.45, 7) is 7.72. The van der Waals surface area contributed by atoms with Gasteiger partial charge in [0.1, 0.15) is 0 Å². The van der Waals surface area contributed by atoms with Crippen LogP contribution in [0.1, 0.15) is 48.9 Å². The molecule has 2 heterocycles. The predicted octanol–water partition coefficient (Wildman–Crippen LogP) is 4.91. The molecule has 6 heteroatoms. The van der Waals surface area contributed by atoms with Crippen LogP contribution in [0, 0.1) is 6.92 Å². The minimum atomic E-state index is -0.000270. The maximum Gasteiger partial charge on any atom is 0.171 e. The SMILES string of the molecule is Cc1nc2cc(CNC3CCCNC3c3ccccc3)c(OOC(C)C)cc2s1. The molecular formula is C23H29N3O2S. The van der Waals surface area contributed by atoms with E-state index in [0.29, 0.717) is 18.6 Å². The lowest BCUT2D eigenvalue weighted by Gasteiger charge is -2.34. The molecule has 5 nitrogen and oxygen atoms in total. The van der Waals surface area contributed by atoms with E-state index in [1.165, 1.54) is 12.0 Å². The van der Waals surface area contributed by atoms with Gasteiger partial charge >= 0.3 is 0 Å². The van der Waals surface area contributed by atoms with Crippen molar-refractivity contribution in [2.75, 3.05) is 6.54 Å². The Morgan fingerprint density at radius 1 is 1.24 bits per heavy atom. The van der Waals surface area contributed by atoms with Gasteiger partial charge in [-0.2, -0.15) is 4.89 Å². The van der Waals surface area contributed by atoms with Crippen molar-refractivity contribution in [3.63, 3.8) is 0 Å². The zero-order valence-electron chi connectivity index (χ0n) is 17.3. The minimum Gasteiger partial charge on any atom is -0.337 e. The smallest absolute Gasteiger partial charge is 0.171 e. The molecule has 1 aliphatic heterocycles. The topological polar surface area (TPSA) is 55.4 Å². The van der Waals surface area contributed by atoms with E-state index in [9.17, 15) is 0 Å². The quantitative estimate of drug-likeness (QED) is 0.427. The lowest BCUT2D eigenvalue weighted by molar-refractivity contribution is -0.235. The first kappa shape index (κ1) is 20.3. The number of aryl methyl sites for hydroxylation is 1. The molecular weight excluding hydrogens is 382 g/mol. The summed E-state index contributed by atoms with van der Waals surface area (Å²) in [5.74, 6) is 0.766. The molecule has 2 aromatic carbocycles. The van der Waals surface area contributed by atoms with Crippen molar-refractivity contribution in [3.8, 4) is 5.75 Å². The molecule has 0 spiro atoms. The molecule has 2 atom stereocenters. The molecule has 0 radical (unpaired) electrons. The van der Waals surface area contributed by atoms with Crippen molar-refractivity contribution in [1.29, 1.82) is 0 Å². The Morgan fingerprint density at radius 2 is 2.07 bits per heavy atom. The number of hydrogen-bond donors (Lipinski definition) is 2. The molecule has 0 aliphatic carbocycles. The predicted molar refractivity (Wildman–Crippen MR) is 118 cm³/mol. The molecule has 0 saturated carbocycles. The molecule has 0 amide bonds. The third-order valence-electron chi connectivity index (χ3n) is 5.18. The number of hydrogen-bond acceptors (Lipinski definition) is 6. The van der Waals surface area contributed by atoms with Crippen LogP contribution in [0.15, 0.2) is 42.5 Å². The molecule has 3 aromatic rings. The van der Waals surface area contributed by atoms with Gasteiger partial charge in [0.2, 0.25) is 0 Å². The van der Waals surface area contributed by atoms with Gasteiger partial charge in [-0.25, -0.2) is 4.98 Å². The number of piperidine rings is 1. The van der Waals surface area contributed by atoms with E-state index in [2.05, 4.69) is 52.0 Å². The average molecular weight is 412 g/mol. The molecule has 29 heavy (non-hydrogen) atoms. The standard InChI is InChI=1S/C23H29N3O2S/c1-15(2)27-28-21-13-22-20(26-16(3)29-22)12-18(21)14-25-19-10-7-11-24-23(19)17-8-5-4-6-9-17/h4-6,8-9,12-13,15,19,23-25H,7,10-11,14H2,1-3H3. The molecule has 154 valence electrons. The van der Waals surface area contributed by atoms with E-state index in [1.807, 2.05) is 26.8 Å². The molecule has 1 aromatic heterocycles. The summed E-state index contributed by atoms with van der Waals surface area (Å²) in [5.41, 5.74) is 3.42. The maximum atomic E-state index is 5.69. The van der Waals surface area contributed by atoms with E-state index in [4.69, 9.17) is 9.78 Å². The number of rotatable bonds is 7. The largest absolute Gasteiger partial charge is 0.337 e. The Hall–Kier alpha value is -1.99. The molecule has 2 N–H and O–H groups in total. The second kappa shape index (κ2) is 9.22. The lowest BCUT2D eigenvalue weighted by atomic mass is 9.92. The van der Waals surface area contributed by atoms with Crippen LogP contribution in [0.2, 0.25) is 0 Å². The number of benzene rings is 2. The fraction of sp³-hybridized carbons (Fsp3) is 0.435. The highest BCUT2D eigenvalue weighted by atomic mass is 32.1. The normalized spacial score (nSPS) is 19.7. The first-order valence-corrected chi connectivity index (χ1v) is 11.2. The molecule has 2 unspecified atom stereocenters. The summed E-state index contributed by atoms with van der Waals surface area (Å²) in [7, 11) is 0. The van der Waals surface area contributed by atoms with Crippen molar-refractivity contribution in [2.45, 2.75) is 58.3 Å². The Labute approximate surface area is 176 Å². The zero-order chi connectivity index (χ0) is 20.2. The molecule has 0 bridgehead atoms. The first-order valence-electron chi connectivity index (χ1n) is 10.4. The van der Waals surface area contributed by atoms with Crippen molar-refractivity contribution < 1.29 is 9.78 Å². The number of aromatic nitrogens is 1. The van der Waals surface area contributed by atoms with Gasteiger partial charge in [0.15, 0.2) is 5.75 Å². The highest BCUT2D eigenvalue weighted by molar-refractivity contribution is 7.18. The summed E-state index contributed by atoms with van der Waals surface area (Å²) in [5, 5.41) is 8.50. The van der Waals surface area contributed by atoms with Crippen molar-refractivity contribution in [2.24, 2.45) is 0 Å². The van der Waals surface area contributed by atoms with Gasteiger partial charge in [-0.1, -0.05) is 30.3 Å². The van der Waals surface area contributed by atoms with Gasteiger partial charge in [0.25, 0.3) is 0 Å². The summed E-state index contributed by atoms with van der Waals surface area (Å²) in [6, 6.07) is 15.5. The van der Waals surface area contributed by atoms with Crippen LogP contribution >= 0.6 is 11.3 Å². The summed E-state index contributed by atoms with van der Waals surface area (Å²) >= 11 is 1.68. The Bertz CT molecular complexity index is 942. The van der Waals surface area contributed by atoms with Crippen LogP contribution in [-0.2, 0) is 11.4 Å². The van der Waals surface area contributed by atoms with E-state index >= 15 is 0 Å². The van der Waals surface area contributed by atoms with E-state index in [1.54, 1.807) is 11.3 Å². The van der Waals surface area contributed by atoms with Crippen molar-refractivity contribution >= 4 is 21.6 Å². The van der Waals surface area contributed by atoms with Crippen molar-refractivity contribution in [1.82, 2.24) is 15.6 Å². The minimum absolute atomic E-state index is 0.000270. The van der Waals surface area contributed by atoms with Gasteiger partial charge < -0.3 is 15.5 Å². The van der Waals surface area contributed by atoms with Crippen LogP contribution < -0.4 is 15.5 Å². The van der Waals surface area contributed by atoms with E-state index < -0.39 is 0 Å². The number of fused-ring (bicyclic) bond motifs is 1. The zero-order valence-corrected chi connectivity index (χ0v) is 18.1. The van der Waals surface area contributed by atoms with Gasteiger partial charge in [-0.05, 0) is 51.8 Å². The average Bonchev–Trinajstić information content (AvgIpc) is 3.10. The van der Waals surface area contributed by atoms with E-state index in [-0.39, 0.29) is 6.10 Å². The fourth-order valence-electron chi connectivity index (χ4n) is 3.84. The molecule has 1 saturated heterocycles. The van der Waals surface area contributed by atoms with Crippen LogP contribution in [0.5, 0.6) is 5.75 Å². The number of thiazole rings is 1. The molecule has 1 fully saturated rings. The lowest BCUT2D eigenvalue weighted by Crippen LogP contribution is -2.45. The fourth-order valence-corrected chi connectivity index (χ4v) is 4.67. The molecule has 4 rings (SSSR count). The Kier molecular flexibility index (Phi) is 6.45. The van der Waals surface area contributed by atoms with Gasteiger partial charge in [-0.3, -0.25) is 0 Å². The van der Waals surface area contributed by atoms with Crippen LogP contribution in [-0.4, -0.2) is 23.7 Å². The molecule has 1 aliphatic rings. The second-order valence-corrected chi connectivity index (χ2v) is 9.10. The Balaban J connectivity index is 1.54. The van der Waals surface area contributed by atoms with Crippen LogP contribution in [0.3, 0.4) is 0 Å². The van der Waals surface area contributed by atoms with Crippen LogP contribution in [0.4, 0.5) is 0 Å². The third-order valence-corrected chi connectivity index (χ3v) is 6.11. The van der Waals surface area contributed by atoms with Gasteiger partial charge in [0.05, 0.1) is 21.3 Å².